The smallest absolute Gasteiger partial charge is 0.274 e. The van der Waals surface area contributed by atoms with E-state index in [0.717, 1.165) is 27.9 Å². The molecule has 19 heavy (non-hydrogen) atoms. The number of hydrogen-bond acceptors (Lipinski definition) is 3. The van der Waals surface area contributed by atoms with Gasteiger partial charge in [-0.25, -0.2) is 4.98 Å². The Morgan fingerprint density at radius 3 is 2.79 bits per heavy atom. The van der Waals surface area contributed by atoms with Crippen molar-refractivity contribution in [1.29, 1.82) is 0 Å². The third-order valence-corrected chi connectivity index (χ3v) is 3.20. The minimum atomic E-state index is -0.180. The fourth-order valence-corrected chi connectivity index (χ4v) is 2.02. The van der Waals surface area contributed by atoms with E-state index >= 15 is 0 Å². The number of para-hydroxylation sites is 1. The molecule has 3 rings (SSSR count). The van der Waals surface area contributed by atoms with Gasteiger partial charge in [-0.3, -0.25) is 9.78 Å². The molecule has 3 aromatic rings. The zero-order valence-corrected chi connectivity index (χ0v) is 10.8. The molecule has 2 aromatic heterocycles. The van der Waals surface area contributed by atoms with E-state index in [2.05, 4.69) is 15.0 Å². The molecule has 0 bridgehead atoms. The average Bonchev–Trinajstić information content (AvgIpc) is 2.42. The van der Waals surface area contributed by atoms with E-state index < -0.39 is 0 Å². The van der Waals surface area contributed by atoms with Crippen molar-refractivity contribution in [2.75, 3.05) is 0 Å². The first kappa shape index (κ1) is 11.6. The van der Waals surface area contributed by atoms with Gasteiger partial charge in [-0.2, -0.15) is 0 Å². The molecule has 0 saturated heterocycles. The lowest BCUT2D eigenvalue weighted by Crippen LogP contribution is -2.14. The summed E-state index contributed by atoms with van der Waals surface area (Å²) < 4.78 is 0. The number of aromatic nitrogens is 3. The lowest BCUT2D eigenvalue weighted by Gasteiger charge is -2.05. The topological polar surface area (TPSA) is 58.6 Å². The van der Waals surface area contributed by atoms with Crippen molar-refractivity contribution in [3.8, 4) is 11.3 Å². The van der Waals surface area contributed by atoms with Gasteiger partial charge >= 0.3 is 0 Å². The highest BCUT2D eigenvalue weighted by Gasteiger charge is 2.08. The number of pyridine rings is 1. The number of rotatable bonds is 1. The maximum absolute atomic E-state index is 12.0. The molecule has 0 unspecified atom stereocenters. The van der Waals surface area contributed by atoms with E-state index in [0.29, 0.717) is 5.69 Å². The van der Waals surface area contributed by atoms with Crippen LogP contribution in [0.2, 0.25) is 0 Å². The molecule has 0 aliphatic heterocycles. The minimum Gasteiger partial charge on any atom is -0.323 e. The van der Waals surface area contributed by atoms with Crippen molar-refractivity contribution < 1.29 is 0 Å². The molecule has 4 heteroatoms. The standard InChI is InChI=1S/C15H13N3O/c1-9-10(2)18-15(19)14(17-9)12-7-11-5-3-4-6-13(11)16-8-12/h3-8H,1-2H3,(H,18,19). The van der Waals surface area contributed by atoms with E-state index in [-0.39, 0.29) is 5.56 Å². The third-order valence-electron chi connectivity index (χ3n) is 3.20. The molecule has 1 N–H and O–H groups in total. The molecule has 0 spiro atoms. The van der Waals surface area contributed by atoms with Crippen LogP contribution in [-0.4, -0.2) is 15.0 Å². The molecule has 94 valence electrons. The summed E-state index contributed by atoms with van der Waals surface area (Å²) in [5.41, 5.74) is 3.50. The summed E-state index contributed by atoms with van der Waals surface area (Å²) in [5, 5.41) is 0.999. The van der Waals surface area contributed by atoms with Gasteiger partial charge in [0.2, 0.25) is 0 Å². The second-order valence-electron chi connectivity index (χ2n) is 4.54. The number of benzene rings is 1. The summed E-state index contributed by atoms with van der Waals surface area (Å²) in [4.78, 5) is 23.5. The molecular formula is C15H13N3O. The molecular weight excluding hydrogens is 238 g/mol. The molecule has 0 amide bonds. The summed E-state index contributed by atoms with van der Waals surface area (Å²) in [7, 11) is 0. The van der Waals surface area contributed by atoms with Gasteiger partial charge in [0, 0.05) is 22.8 Å². The van der Waals surface area contributed by atoms with E-state index in [1.165, 1.54) is 0 Å². The molecule has 0 atom stereocenters. The van der Waals surface area contributed by atoms with Gasteiger partial charge in [-0.05, 0) is 26.0 Å². The maximum atomic E-state index is 12.0. The molecule has 0 fully saturated rings. The first-order valence-corrected chi connectivity index (χ1v) is 6.08. The summed E-state index contributed by atoms with van der Waals surface area (Å²) >= 11 is 0. The molecule has 4 nitrogen and oxygen atoms in total. The van der Waals surface area contributed by atoms with E-state index in [1.54, 1.807) is 6.20 Å². The number of hydrogen-bond donors (Lipinski definition) is 1. The van der Waals surface area contributed by atoms with Crippen molar-refractivity contribution in [3.63, 3.8) is 0 Å². The first-order valence-electron chi connectivity index (χ1n) is 6.08. The molecule has 1 aromatic carbocycles. The van der Waals surface area contributed by atoms with Gasteiger partial charge < -0.3 is 4.98 Å². The van der Waals surface area contributed by atoms with Crippen molar-refractivity contribution in [3.05, 3.63) is 58.3 Å². The van der Waals surface area contributed by atoms with Gasteiger partial charge in [0.05, 0.1) is 11.2 Å². The average molecular weight is 251 g/mol. The molecule has 0 radical (unpaired) electrons. The van der Waals surface area contributed by atoms with Gasteiger partial charge in [0.25, 0.3) is 5.56 Å². The lowest BCUT2D eigenvalue weighted by atomic mass is 10.1. The van der Waals surface area contributed by atoms with Crippen molar-refractivity contribution >= 4 is 10.9 Å². The second kappa shape index (κ2) is 4.31. The lowest BCUT2D eigenvalue weighted by molar-refractivity contribution is 1.02. The number of fused-ring (bicyclic) bond motifs is 1. The van der Waals surface area contributed by atoms with Crippen LogP contribution in [0.5, 0.6) is 0 Å². The fourth-order valence-electron chi connectivity index (χ4n) is 2.02. The highest BCUT2D eigenvalue weighted by molar-refractivity contribution is 5.82. The van der Waals surface area contributed by atoms with E-state index in [4.69, 9.17) is 0 Å². The zero-order chi connectivity index (χ0) is 13.4. The van der Waals surface area contributed by atoms with Crippen LogP contribution in [0.1, 0.15) is 11.4 Å². The van der Waals surface area contributed by atoms with Crippen molar-refractivity contribution in [2.24, 2.45) is 0 Å². The van der Waals surface area contributed by atoms with Crippen LogP contribution in [-0.2, 0) is 0 Å². The highest BCUT2D eigenvalue weighted by atomic mass is 16.1. The van der Waals surface area contributed by atoms with Crippen LogP contribution in [0.25, 0.3) is 22.2 Å². The quantitative estimate of drug-likeness (QED) is 0.723. The van der Waals surface area contributed by atoms with Crippen LogP contribution in [0.3, 0.4) is 0 Å². The number of aryl methyl sites for hydroxylation is 2. The highest BCUT2D eigenvalue weighted by Crippen LogP contribution is 2.19. The van der Waals surface area contributed by atoms with Crippen molar-refractivity contribution in [2.45, 2.75) is 13.8 Å². The fraction of sp³-hybridized carbons (Fsp3) is 0.133. The maximum Gasteiger partial charge on any atom is 0.274 e. The SMILES string of the molecule is Cc1nc(-c2cnc3ccccc3c2)c(=O)[nH]c1C. The summed E-state index contributed by atoms with van der Waals surface area (Å²) in [6.45, 7) is 3.72. The van der Waals surface area contributed by atoms with E-state index in [9.17, 15) is 4.79 Å². The molecule has 0 aliphatic carbocycles. The Labute approximate surface area is 110 Å². The van der Waals surface area contributed by atoms with Crippen LogP contribution in [0, 0.1) is 13.8 Å². The number of H-pyrrole nitrogens is 1. The molecule has 0 aliphatic rings. The van der Waals surface area contributed by atoms with E-state index in [1.807, 2.05) is 44.2 Å². The summed E-state index contributed by atoms with van der Waals surface area (Å²) in [6.07, 6.45) is 1.69. The normalized spacial score (nSPS) is 10.8. The number of nitrogens with zero attached hydrogens (tertiary/aromatic N) is 2. The Morgan fingerprint density at radius 2 is 1.95 bits per heavy atom. The molecule has 0 saturated carbocycles. The van der Waals surface area contributed by atoms with Crippen LogP contribution in [0.4, 0.5) is 0 Å². The zero-order valence-electron chi connectivity index (χ0n) is 10.8. The predicted octanol–water partition coefficient (Wildman–Crippen LogP) is 2.60. The number of nitrogens with one attached hydrogen (secondary N) is 1. The Bertz CT molecular complexity index is 821. The van der Waals surface area contributed by atoms with Gasteiger partial charge in [-0.1, -0.05) is 18.2 Å². The largest absolute Gasteiger partial charge is 0.323 e. The summed E-state index contributed by atoms with van der Waals surface area (Å²) in [5.74, 6) is 0. The van der Waals surface area contributed by atoms with Gasteiger partial charge in [0.1, 0.15) is 5.69 Å². The Hall–Kier alpha value is -2.49. The van der Waals surface area contributed by atoms with Crippen LogP contribution < -0.4 is 5.56 Å². The van der Waals surface area contributed by atoms with Gasteiger partial charge in [0.15, 0.2) is 0 Å². The Kier molecular flexibility index (Phi) is 2.63. The Morgan fingerprint density at radius 1 is 1.16 bits per heavy atom. The number of aromatic amines is 1. The first-order chi connectivity index (χ1) is 9.15. The predicted molar refractivity (Wildman–Crippen MR) is 75.1 cm³/mol. The third kappa shape index (κ3) is 2.01. The second-order valence-corrected chi connectivity index (χ2v) is 4.54. The molecule has 2 heterocycles. The van der Waals surface area contributed by atoms with Crippen LogP contribution in [0.15, 0.2) is 41.3 Å². The van der Waals surface area contributed by atoms with Crippen molar-refractivity contribution in [1.82, 2.24) is 15.0 Å². The Balaban J connectivity index is 2.24. The summed E-state index contributed by atoms with van der Waals surface area (Å²) in [6, 6.07) is 9.74. The minimum absolute atomic E-state index is 0.180. The monoisotopic (exact) mass is 251 g/mol. The van der Waals surface area contributed by atoms with Crippen LogP contribution >= 0.6 is 0 Å². The van der Waals surface area contributed by atoms with Gasteiger partial charge in [-0.15, -0.1) is 0 Å².